The minimum absolute atomic E-state index is 0.00498. The van der Waals surface area contributed by atoms with Gasteiger partial charge in [-0.1, -0.05) is 17.9 Å². The monoisotopic (exact) mass is 234 g/mol. The molecular weight excluding hydrogens is 224 g/mol. The lowest BCUT2D eigenvalue weighted by Gasteiger charge is -2.06. The topological polar surface area (TPSA) is 83.8 Å². The Morgan fingerprint density at radius 3 is 2.59 bits per heavy atom. The Kier molecular flexibility index (Phi) is 4.12. The average molecular weight is 234 g/mol. The molecule has 0 unspecified atom stereocenters. The molecule has 1 aromatic rings. The van der Waals surface area contributed by atoms with Crippen molar-refractivity contribution in [3.63, 3.8) is 0 Å². The molecule has 0 aromatic heterocycles. The summed E-state index contributed by atoms with van der Waals surface area (Å²) in [4.78, 5) is 21.2. The molecular formula is C12H10O5. The van der Waals surface area contributed by atoms with E-state index in [1.807, 2.05) is 0 Å². The zero-order valence-corrected chi connectivity index (χ0v) is 9.06. The molecule has 2 N–H and O–H groups in total. The second-order valence-corrected chi connectivity index (χ2v) is 3.06. The fourth-order valence-electron chi connectivity index (χ4n) is 1.24. The van der Waals surface area contributed by atoms with Crippen LogP contribution in [0.4, 0.5) is 0 Å². The Morgan fingerprint density at radius 1 is 1.35 bits per heavy atom. The molecule has 0 heterocycles. The lowest BCUT2D eigenvalue weighted by Crippen LogP contribution is -2.02. The first-order chi connectivity index (χ1) is 8.06. The summed E-state index contributed by atoms with van der Waals surface area (Å²) < 4.78 is 4.96. The molecule has 0 atom stereocenters. The number of carboxylic acid groups (broad SMARTS) is 2. The van der Waals surface area contributed by atoms with Gasteiger partial charge in [0.25, 0.3) is 0 Å². The molecule has 0 fully saturated rings. The van der Waals surface area contributed by atoms with E-state index in [2.05, 4.69) is 11.8 Å². The maximum Gasteiger partial charge on any atom is 0.339 e. The highest BCUT2D eigenvalue weighted by atomic mass is 16.5. The van der Waals surface area contributed by atoms with E-state index in [-0.39, 0.29) is 17.7 Å². The predicted octanol–water partition coefficient (Wildman–Crippen LogP) is 1.22. The molecule has 0 aliphatic heterocycles. The van der Waals surface area contributed by atoms with Crippen molar-refractivity contribution in [1.29, 1.82) is 0 Å². The number of para-hydroxylation sites is 1. The van der Waals surface area contributed by atoms with Crippen molar-refractivity contribution in [1.82, 2.24) is 0 Å². The van der Waals surface area contributed by atoms with Crippen LogP contribution in [0.5, 0.6) is 5.75 Å². The van der Waals surface area contributed by atoms with E-state index >= 15 is 0 Å². The third kappa shape index (κ3) is 3.24. The summed E-state index contributed by atoms with van der Waals surface area (Å²) in [6.45, 7) is 0. The van der Waals surface area contributed by atoms with Crippen molar-refractivity contribution >= 4 is 11.9 Å². The number of carbonyl (C=O) groups is 2. The highest BCUT2D eigenvalue weighted by molar-refractivity contribution is 5.92. The van der Waals surface area contributed by atoms with Crippen LogP contribution in [0.3, 0.4) is 0 Å². The van der Waals surface area contributed by atoms with Crippen LogP contribution in [0.1, 0.15) is 22.3 Å². The van der Waals surface area contributed by atoms with Crippen LogP contribution in [0.25, 0.3) is 0 Å². The first kappa shape index (κ1) is 12.6. The Balaban J connectivity index is 3.14. The van der Waals surface area contributed by atoms with E-state index in [0.29, 0.717) is 5.56 Å². The summed E-state index contributed by atoms with van der Waals surface area (Å²) in [5.41, 5.74) is 0.350. The van der Waals surface area contributed by atoms with Gasteiger partial charge in [-0.15, -0.1) is 0 Å². The smallest absolute Gasteiger partial charge is 0.339 e. The Morgan fingerprint density at radius 2 is 2.06 bits per heavy atom. The number of rotatable bonds is 3. The highest BCUT2D eigenvalue weighted by Crippen LogP contribution is 2.22. The molecule has 88 valence electrons. The molecule has 0 amide bonds. The average Bonchev–Trinajstić information content (AvgIpc) is 2.28. The standard InChI is InChI=1S/C12H10O5/c1-17-11-8(5-3-7-10(13)14)4-2-6-9(11)12(15)16/h2,4,6H,7H2,1H3,(H,13,14)(H,15,16). The highest BCUT2D eigenvalue weighted by Gasteiger charge is 2.13. The molecule has 17 heavy (non-hydrogen) atoms. The third-order valence-corrected chi connectivity index (χ3v) is 1.91. The van der Waals surface area contributed by atoms with Gasteiger partial charge in [0, 0.05) is 0 Å². The maximum absolute atomic E-state index is 10.9. The number of hydrogen-bond donors (Lipinski definition) is 2. The molecule has 0 aliphatic carbocycles. The van der Waals surface area contributed by atoms with Gasteiger partial charge in [-0.2, -0.15) is 0 Å². The lowest BCUT2D eigenvalue weighted by atomic mass is 10.1. The summed E-state index contributed by atoms with van der Waals surface area (Å²) in [6, 6.07) is 4.49. The fraction of sp³-hybridized carbons (Fsp3) is 0.167. The molecule has 0 bridgehead atoms. The van der Waals surface area contributed by atoms with E-state index in [4.69, 9.17) is 14.9 Å². The van der Waals surface area contributed by atoms with Crippen LogP contribution < -0.4 is 4.74 Å². The van der Waals surface area contributed by atoms with E-state index in [0.717, 1.165) is 0 Å². The Hall–Kier alpha value is -2.48. The summed E-state index contributed by atoms with van der Waals surface area (Å²) in [5.74, 6) is 2.97. The van der Waals surface area contributed by atoms with Gasteiger partial charge < -0.3 is 14.9 Å². The van der Waals surface area contributed by atoms with Gasteiger partial charge >= 0.3 is 11.9 Å². The lowest BCUT2D eigenvalue weighted by molar-refractivity contribution is -0.135. The molecule has 0 saturated carbocycles. The number of aromatic carboxylic acids is 1. The molecule has 0 spiro atoms. The Bertz CT molecular complexity index is 507. The van der Waals surface area contributed by atoms with Gasteiger partial charge in [-0.25, -0.2) is 4.79 Å². The number of ether oxygens (including phenoxy) is 1. The van der Waals surface area contributed by atoms with Gasteiger partial charge in [0.15, 0.2) is 0 Å². The number of carboxylic acids is 2. The second kappa shape index (κ2) is 5.56. The van der Waals surface area contributed by atoms with Gasteiger partial charge in [0.05, 0.1) is 12.7 Å². The summed E-state index contributed by atoms with van der Waals surface area (Å²) in [5, 5.41) is 17.3. The number of benzene rings is 1. The molecule has 1 aromatic carbocycles. The molecule has 0 saturated heterocycles. The SMILES string of the molecule is COc1c(C#CCC(=O)O)cccc1C(=O)O. The fourth-order valence-corrected chi connectivity index (χ4v) is 1.24. The van der Waals surface area contributed by atoms with Crippen molar-refractivity contribution in [3.8, 4) is 17.6 Å². The van der Waals surface area contributed by atoms with Crippen molar-refractivity contribution in [2.45, 2.75) is 6.42 Å². The van der Waals surface area contributed by atoms with Crippen LogP contribution in [-0.2, 0) is 4.79 Å². The van der Waals surface area contributed by atoms with Crippen molar-refractivity contribution < 1.29 is 24.5 Å². The van der Waals surface area contributed by atoms with E-state index in [1.165, 1.54) is 19.2 Å². The largest absolute Gasteiger partial charge is 0.495 e. The predicted molar refractivity (Wildman–Crippen MR) is 59.1 cm³/mol. The van der Waals surface area contributed by atoms with Crippen molar-refractivity contribution in [2.75, 3.05) is 7.11 Å². The second-order valence-electron chi connectivity index (χ2n) is 3.06. The molecule has 5 heteroatoms. The zero-order chi connectivity index (χ0) is 12.8. The van der Waals surface area contributed by atoms with Crippen molar-refractivity contribution in [2.24, 2.45) is 0 Å². The molecule has 1 rings (SSSR count). The normalized spacial score (nSPS) is 9.00. The maximum atomic E-state index is 10.9. The van der Waals surface area contributed by atoms with E-state index < -0.39 is 11.9 Å². The van der Waals surface area contributed by atoms with Crippen LogP contribution in [0.2, 0.25) is 0 Å². The van der Waals surface area contributed by atoms with Crippen LogP contribution in [-0.4, -0.2) is 29.3 Å². The minimum atomic E-state index is -1.12. The van der Waals surface area contributed by atoms with Crippen LogP contribution in [0, 0.1) is 11.8 Å². The van der Waals surface area contributed by atoms with Crippen LogP contribution in [0.15, 0.2) is 18.2 Å². The molecule has 0 aliphatic rings. The summed E-state index contributed by atoms with van der Waals surface area (Å²) in [6.07, 6.45) is -0.305. The van der Waals surface area contributed by atoms with Gasteiger partial charge in [-0.3, -0.25) is 4.79 Å². The summed E-state index contributed by atoms with van der Waals surface area (Å²) >= 11 is 0. The first-order valence-corrected chi connectivity index (χ1v) is 4.67. The van der Waals surface area contributed by atoms with Gasteiger partial charge in [-0.05, 0) is 12.1 Å². The first-order valence-electron chi connectivity index (χ1n) is 4.67. The Labute approximate surface area is 97.6 Å². The van der Waals surface area contributed by atoms with Gasteiger partial charge in [0.1, 0.15) is 17.7 Å². The number of aliphatic carboxylic acids is 1. The van der Waals surface area contributed by atoms with Gasteiger partial charge in [0.2, 0.25) is 0 Å². The molecule has 5 nitrogen and oxygen atoms in total. The quantitative estimate of drug-likeness (QED) is 0.768. The van der Waals surface area contributed by atoms with Crippen molar-refractivity contribution in [3.05, 3.63) is 29.3 Å². The van der Waals surface area contributed by atoms with Crippen LogP contribution >= 0.6 is 0 Å². The number of hydrogen-bond acceptors (Lipinski definition) is 3. The zero-order valence-electron chi connectivity index (χ0n) is 9.06. The van der Waals surface area contributed by atoms with E-state index in [9.17, 15) is 9.59 Å². The minimum Gasteiger partial charge on any atom is -0.495 e. The summed E-state index contributed by atoms with van der Waals surface area (Å²) in [7, 11) is 1.34. The number of methoxy groups -OCH3 is 1. The van der Waals surface area contributed by atoms with E-state index in [1.54, 1.807) is 6.07 Å². The molecule has 0 radical (unpaired) electrons. The third-order valence-electron chi connectivity index (χ3n) is 1.91.